The minimum absolute atomic E-state index is 0.0254. The number of hydrogen-bond donors (Lipinski definition) is 0. The number of rotatable bonds is 4. The first-order valence-electron chi connectivity index (χ1n) is 9.46. The van der Waals surface area contributed by atoms with Crippen LogP contribution in [0, 0.1) is 29.2 Å². The van der Waals surface area contributed by atoms with Crippen molar-refractivity contribution >= 4 is 6.08 Å². The third kappa shape index (κ3) is 4.94. The van der Waals surface area contributed by atoms with Crippen molar-refractivity contribution in [2.24, 2.45) is 5.92 Å². The summed E-state index contributed by atoms with van der Waals surface area (Å²) in [6.45, 7) is 3.76. The molecule has 0 bridgehead atoms. The van der Waals surface area contributed by atoms with Crippen molar-refractivity contribution in [3.8, 4) is 11.1 Å². The van der Waals surface area contributed by atoms with E-state index >= 15 is 0 Å². The maximum atomic E-state index is 14.7. The molecule has 0 unspecified atom stereocenters. The van der Waals surface area contributed by atoms with E-state index in [1.807, 2.05) is 6.08 Å². The summed E-state index contributed by atoms with van der Waals surface area (Å²) in [7, 11) is 0. The van der Waals surface area contributed by atoms with Gasteiger partial charge in [-0.25, -0.2) is 17.6 Å². The molecule has 3 rings (SSSR count). The maximum Gasteiger partial charge on any atom is 0.409 e. The predicted octanol–water partition coefficient (Wildman–Crippen LogP) is 7.95. The zero-order valence-electron chi connectivity index (χ0n) is 15.9. The van der Waals surface area contributed by atoms with Gasteiger partial charge in [0.25, 0.3) is 0 Å². The molecule has 0 radical (unpaired) electrons. The molecule has 0 saturated heterocycles. The Morgan fingerprint density at radius 2 is 1.33 bits per heavy atom. The Kier molecular flexibility index (Phi) is 6.38. The Morgan fingerprint density at radius 3 is 1.80 bits per heavy atom. The van der Waals surface area contributed by atoms with E-state index < -0.39 is 46.1 Å². The second-order valence-corrected chi connectivity index (χ2v) is 7.44. The fourth-order valence-corrected chi connectivity index (χ4v) is 3.86. The van der Waals surface area contributed by atoms with Gasteiger partial charge in [0, 0.05) is 11.6 Å². The second-order valence-electron chi connectivity index (χ2n) is 7.44. The highest BCUT2D eigenvalue weighted by atomic mass is 19.4. The minimum Gasteiger partial charge on any atom is -0.206 e. The Labute approximate surface area is 169 Å². The third-order valence-electron chi connectivity index (χ3n) is 5.45. The van der Waals surface area contributed by atoms with Crippen LogP contribution in [0.4, 0.5) is 30.7 Å². The van der Waals surface area contributed by atoms with Crippen LogP contribution in [-0.2, 0) is 0 Å². The molecule has 0 nitrogen and oxygen atoms in total. The van der Waals surface area contributed by atoms with Crippen LogP contribution < -0.4 is 0 Å². The van der Waals surface area contributed by atoms with Gasteiger partial charge in [0.15, 0.2) is 0 Å². The summed E-state index contributed by atoms with van der Waals surface area (Å²) in [5.74, 6) is -4.30. The van der Waals surface area contributed by atoms with E-state index in [1.54, 1.807) is 0 Å². The first-order valence-corrected chi connectivity index (χ1v) is 9.46. The average molecular weight is 428 g/mol. The van der Waals surface area contributed by atoms with Crippen LogP contribution in [0.3, 0.4) is 0 Å². The highest BCUT2D eigenvalue weighted by molar-refractivity contribution is 5.68. The zero-order valence-corrected chi connectivity index (χ0v) is 15.9. The Morgan fingerprint density at radius 1 is 0.800 bits per heavy atom. The number of alkyl halides is 3. The van der Waals surface area contributed by atoms with Crippen LogP contribution in [0.2, 0.25) is 0 Å². The largest absolute Gasteiger partial charge is 0.409 e. The van der Waals surface area contributed by atoms with Crippen molar-refractivity contribution in [1.29, 1.82) is 0 Å². The fraction of sp³-hybridized carbons (Fsp3) is 0.304. The zero-order chi connectivity index (χ0) is 22.1. The third-order valence-corrected chi connectivity index (χ3v) is 5.45. The van der Waals surface area contributed by atoms with Crippen LogP contribution in [0.5, 0.6) is 0 Å². The molecule has 1 saturated carbocycles. The lowest BCUT2D eigenvalue weighted by atomic mass is 9.78. The molecule has 1 aliphatic carbocycles. The predicted molar refractivity (Wildman–Crippen MR) is 102 cm³/mol. The fourth-order valence-electron chi connectivity index (χ4n) is 3.86. The molecule has 1 aliphatic rings. The summed E-state index contributed by atoms with van der Waals surface area (Å²) in [5, 5.41) is 0. The summed E-state index contributed by atoms with van der Waals surface area (Å²) < 4.78 is 94.5. The molecule has 7 heteroatoms. The van der Waals surface area contributed by atoms with Gasteiger partial charge in [-0.05, 0) is 79.0 Å². The molecule has 0 atom stereocenters. The van der Waals surface area contributed by atoms with Crippen LogP contribution in [0.1, 0.15) is 42.7 Å². The molecule has 0 aliphatic heterocycles. The lowest BCUT2D eigenvalue weighted by molar-refractivity contribution is -0.0790. The summed E-state index contributed by atoms with van der Waals surface area (Å²) in [4.78, 5) is 0. The Hall–Kier alpha value is -2.57. The molecule has 30 heavy (non-hydrogen) atoms. The molecule has 160 valence electrons. The Balaban J connectivity index is 1.93. The van der Waals surface area contributed by atoms with E-state index in [0.717, 1.165) is 37.8 Å². The number of allylic oxidation sites excluding steroid dienone is 2. The van der Waals surface area contributed by atoms with Crippen LogP contribution in [0.25, 0.3) is 17.2 Å². The molecule has 2 aromatic rings. The topological polar surface area (TPSA) is 0 Å². The normalized spacial score (nSPS) is 20.0. The summed E-state index contributed by atoms with van der Waals surface area (Å²) in [6, 6.07) is 3.56. The second kappa shape index (κ2) is 8.66. The van der Waals surface area contributed by atoms with Crippen molar-refractivity contribution < 1.29 is 30.7 Å². The van der Waals surface area contributed by atoms with Crippen LogP contribution in [-0.4, -0.2) is 6.18 Å². The van der Waals surface area contributed by atoms with E-state index in [0.29, 0.717) is 23.6 Å². The quantitative estimate of drug-likeness (QED) is 0.342. The van der Waals surface area contributed by atoms with E-state index in [-0.39, 0.29) is 18.1 Å². The molecule has 0 amide bonds. The van der Waals surface area contributed by atoms with Crippen molar-refractivity contribution in [2.45, 2.75) is 37.8 Å². The van der Waals surface area contributed by atoms with Gasteiger partial charge in [-0.15, -0.1) is 6.58 Å². The lowest BCUT2D eigenvalue weighted by Crippen LogP contribution is -2.12. The van der Waals surface area contributed by atoms with Crippen molar-refractivity contribution in [2.75, 3.05) is 0 Å². The molecule has 0 heterocycles. The smallest absolute Gasteiger partial charge is 0.206 e. The van der Waals surface area contributed by atoms with E-state index in [1.165, 1.54) is 0 Å². The highest BCUT2D eigenvalue weighted by Gasteiger charge is 2.25. The molecule has 0 N–H and O–H groups in total. The summed E-state index contributed by atoms with van der Waals surface area (Å²) in [6.07, 6.45) is 0.268. The van der Waals surface area contributed by atoms with Gasteiger partial charge >= 0.3 is 6.18 Å². The summed E-state index contributed by atoms with van der Waals surface area (Å²) in [5.41, 5.74) is -1.51. The van der Waals surface area contributed by atoms with Crippen molar-refractivity contribution in [3.05, 3.63) is 77.4 Å². The van der Waals surface area contributed by atoms with Gasteiger partial charge in [-0.2, -0.15) is 13.2 Å². The van der Waals surface area contributed by atoms with Crippen molar-refractivity contribution in [1.82, 2.24) is 0 Å². The monoisotopic (exact) mass is 428 g/mol. The standard InChI is InChI=1S/C23H19F7/c1-2-13-3-5-14(6-4-13)15-9-20(26)22(21(27)10-15)16-11-18(24)17(19(25)12-16)7-8-23(28,29)30/h2,7-14H,1,3-6H2/b8-7+. The van der Waals surface area contributed by atoms with Crippen LogP contribution in [0.15, 0.2) is 43.0 Å². The Bertz CT molecular complexity index is 918. The molecule has 0 aromatic heterocycles. The van der Waals surface area contributed by atoms with Gasteiger partial charge in [0.2, 0.25) is 0 Å². The van der Waals surface area contributed by atoms with Crippen LogP contribution >= 0.6 is 0 Å². The van der Waals surface area contributed by atoms with Gasteiger partial charge in [-0.1, -0.05) is 6.08 Å². The summed E-state index contributed by atoms with van der Waals surface area (Å²) >= 11 is 0. The SMILES string of the molecule is C=CC1CCC(c2cc(F)c(-c3cc(F)c(/C=C/C(F)(F)F)c(F)c3)c(F)c2)CC1. The molecule has 2 aromatic carbocycles. The molecular weight excluding hydrogens is 409 g/mol. The van der Waals surface area contributed by atoms with Gasteiger partial charge in [0.1, 0.15) is 23.3 Å². The molecular formula is C23H19F7. The molecule has 0 spiro atoms. The first-order chi connectivity index (χ1) is 14.1. The maximum absolute atomic E-state index is 14.7. The number of benzene rings is 2. The highest BCUT2D eigenvalue weighted by Crippen LogP contribution is 2.39. The average Bonchev–Trinajstić information content (AvgIpc) is 2.66. The minimum atomic E-state index is -4.75. The molecule has 1 fully saturated rings. The van der Waals surface area contributed by atoms with E-state index in [4.69, 9.17) is 0 Å². The van der Waals surface area contributed by atoms with E-state index in [2.05, 4.69) is 6.58 Å². The first kappa shape index (κ1) is 22.1. The van der Waals surface area contributed by atoms with Crippen molar-refractivity contribution in [3.63, 3.8) is 0 Å². The van der Waals surface area contributed by atoms with Gasteiger partial charge < -0.3 is 0 Å². The van der Waals surface area contributed by atoms with E-state index in [9.17, 15) is 30.7 Å². The van der Waals surface area contributed by atoms with Gasteiger partial charge in [-0.3, -0.25) is 0 Å². The van der Waals surface area contributed by atoms with Gasteiger partial charge in [0.05, 0.1) is 5.56 Å². The number of halogens is 7. The lowest BCUT2D eigenvalue weighted by Gasteiger charge is -2.27. The number of hydrogen-bond acceptors (Lipinski definition) is 0.